The molecular formula is C29H33N. The van der Waals surface area contributed by atoms with Gasteiger partial charge in [0.2, 0.25) is 0 Å². The van der Waals surface area contributed by atoms with E-state index in [-0.39, 0.29) is 16.2 Å². The highest BCUT2D eigenvalue weighted by atomic mass is 14.9. The minimum Gasteiger partial charge on any atom is -0.356 e. The molecule has 30 heavy (non-hydrogen) atoms. The lowest BCUT2D eigenvalue weighted by atomic mass is 9.63. The Balaban J connectivity index is 1.52. The van der Waals surface area contributed by atoms with Gasteiger partial charge in [-0.15, -0.1) is 0 Å². The molecule has 1 heteroatoms. The summed E-state index contributed by atoms with van der Waals surface area (Å²) in [7, 11) is 0. The van der Waals surface area contributed by atoms with Crippen LogP contribution >= 0.6 is 0 Å². The van der Waals surface area contributed by atoms with E-state index in [2.05, 4.69) is 108 Å². The molecule has 3 aromatic rings. The second-order valence-electron chi connectivity index (χ2n) is 11.1. The summed E-state index contributed by atoms with van der Waals surface area (Å²) in [6.45, 7) is 14.2. The molecule has 2 aliphatic carbocycles. The first-order valence-electron chi connectivity index (χ1n) is 11.3. The number of nitrogens with one attached hydrogen (secondary N) is 1. The van der Waals surface area contributed by atoms with Crippen molar-refractivity contribution >= 4 is 11.4 Å². The van der Waals surface area contributed by atoms with Crippen LogP contribution < -0.4 is 5.32 Å². The Labute approximate surface area is 181 Å². The summed E-state index contributed by atoms with van der Waals surface area (Å²) in [6.07, 6.45) is 2.49. The van der Waals surface area contributed by atoms with E-state index in [1.807, 2.05) is 0 Å². The number of anilines is 2. The van der Waals surface area contributed by atoms with Crippen LogP contribution in [-0.2, 0) is 16.2 Å². The first kappa shape index (κ1) is 19.4. The summed E-state index contributed by atoms with van der Waals surface area (Å²) in [5.41, 5.74) is 11.5. The van der Waals surface area contributed by atoms with Crippen molar-refractivity contribution in [3.05, 3.63) is 82.9 Å². The third-order valence-corrected chi connectivity index (χ3v) is 7.72. The number of rotatable bonds is 2. The Kier molecular flexibility index (Phi) is 4.04. The number of fused-ring (bicyclic) bond motifs is 4. The maximum atomic E-state index is 3.71. The molecule has 1 N–H and O–H groups in total. The fourth-order valence-corrected chi connectivity index (χ4v) is 5.62. The number of hydrogen-bond donors (Lipinski definition) is 1. The maximum absolute atomic E-state index is 3.71. The minimum atomic E-state index is 0.0332. The molecule has 0 atom stereocenters. The van der Waals surface area contributed by atoms with Gasteiger partial charge in [0.1, 0.15) is 0 Å². The molecule has 0 saturated carbocycles. The van der Waals surface area contributed by atoms with Gasteiger partial charge in [0.25, 0.3) is 0 Å². The summed E-state index contributed by atoms with van der Waals surface area (Å²) in [4.78, 5) is 0. The highest BCUT2D eigenvalue weighted by Gasteiger charge is 2.37. The molecule has 0 aromatic heterocycles. The van der Waals surface area contributed by atoms with Crippen LogP contribution in [0.5, 0.6) is 0 Å². The van der Waals surface area contributed by atoms with E-state index in [1.54, 1.807) is 0 Å². The van der Waals surface area contributed by atoms with Crippen LogP contribution in [0.25, 0.3) is 11.1 Å². The summed E-state index contributed by atoms with van der Waals surface area (Å²) in [5, 5.41) is 3.71. The van der Waals surface area contributed by atoms with Gasteiger partial charge in [-0.1, -0.05) is 77.9 Å². The highest BCUT2D eigenvalue weighted by molar-refractivity contribution is 5.83. The summed E-state index contributed by atoms with van der Waals surface area (Å²) in [5.74, 6) is 0. The van der Waals surface area contributed by atoms with Gasteiger partial charge >= 0.3 is 0 Å². The van der Waals surface area contributed by atoms with E-state index in [0.29, 0.717) is 0 Å². The van der Waals surface area contributed by atoms with Gasteiger partial charge in [0.05, 0.1) is 0 Å². The Morgan fingerprint density at radius 2 is 1.13 bits per heavy atom. The lowest BCUT2D eigenvalue weighted by Crippen LogP contribution is -2.33. The fraction of sp³-hybridized carbons (Fsp3) is 0.379. The molecule has 0 aliphatic heterocycles. The fourth-order valence-electron chi connectivity index (χ4n) is 5.62. The lowest BCUT2D eigenvalue weighted by Gasteiger charge is -2.42. The van der Waals surface area contributed by atoms with Gasteiger partial charge in [0.15, 0.2) is 0 Å². The zero-order valence-corrected chi connectivity index (χ0v) is 19.2. The maximum Gasteiger partial charge on any atom is 0.0387 e. The molecule has 0 spiro atoms. The van der Waals surface area contributed by atoms with Crippen LogP contribution in [0.4, 0.5) is 11.4 Å². The molecule has 0 heterocycles. The molecule has 0 bridgehead atoms. The minimum absolute atomic E-state index is 0.0332. The van der Waals surface area contributed by atoms with Crippen LogP contribution in [0.3, 0.4) is 0 Å². The molecule has 0 unspecified atom stereocenters. The van der Waals surface area contributed by atoms with Crippen molar-refractivity contribution in [2.75, 3.05) is 5.32 Å². The van der Waals surface area contributed by atoms with E-state index in [4.69, 9.17) is 0 Å². The normalized spacial score (nSPS) is 19.5. The van der Waals surface area contributed by atoms with Gasteiger partial charge < -0.3 is 5.32 Å². The third-order valence-electron chi connectivity index (χ3n) is 7.72. The van der Waals surface area contributed by atoms with Crippen LogP contribution in [-0.4, -0.2) is 0 Å². The third kappa shape index (κ3) is 2.82. The lowest BCUT2D eigenvalue weighted by molar-refractivity contribution is 0.332. The van der Waals surface area contributed by atoms with Crippen molar-refractivity contribution in [2.45, 2.75) is 70.6 Å². The number of benzene rings is 3. The van der Waals surface area contributed by atoms with E-state index >= 15 is 0 Å². The molecule has 154 valence electrons. The summed E-state index contributed by atoms with van der Waals surface area (Å²) < 4.78 is 0. The smallest absolute Gasteiger partial charge is 0.0387 e. The van der Waals surface area contributed by atoms with Crippen LogP contribution in [0.15, 0.2) is 60.7 Å². The predicted octanol–water partition coefficient (Wildman–Crippen LogP) is 8.09. The molecule has 1 nitrogen and oxygen atoms in total. The number of hydrogen-bond acceptors (Lipinski definition) is 1. The van der Waals surface area contributed by atoms with Crippen molar-refractivity contribution in [1.29, 1.82) is 0 Å². The Morgan fingerprint density at radius 3 is 1.87 bits per heavy atom. The Morgan fingerprint density at radius 1 is 0.567 bits per heavy atom. The van der Waals surface area contributed by atoms with Gasteiger partial charge in [-0.25, -0.2) is 0 Å². The molecule has 0 radical (unpaired) electrons. The van der Waals surface area contributed by atoms with E-state index < -0.39 is 0 Å². The van der Waals surface area contributed by atoms with Crippen molar-refractivity contribution in [1.82, 2.24) is 0 Å². The Hall–Kier alpha value is -2.54. The van der Waals surface area contributed by atoms with E-state index in [1.165, 1.54) is 57.6 Å². The first-order valence-corrected chi connectivity index (χ1v) is 11.3. The first-order chi connectivity index (χ1) is 14.1. The quantitative estimate of drug-likeness (QED) is 0.462. The largest absolute Gasteiger partial charge is 0.356 e. The van der Waals surface area contributed by atoms with Gasteiger partial charge in [-0.2, -0.15) is 0 Å². The highest BCUT2D eigenvalue weighted by Crippen LogP contribution is 2.50. The standard InChI is InChI=1S/C29H33N/c1-27(2)15-16-28(3,4)26-18-20(12-14-24(26)27)30-19-11-13-22-21-9-7-8-10-23(21)29(5,6)25(22)17-19/h7-14,17-18,30H,15-16H2,1-6H3. The Bertz CT molecular complexity index is 1150. The SMILES string of the molecule is CC1(C)CCC(C)(C)c2cc(Nc3ccc4c(c3)C(C)(C)c3ccccc3-4)ccc21. The average molecular weight is 396 g/mol. The van der Waals surface area contributed by atoms with E-state index in [0.717, 1.165) is 0 Å². The van der Waals surface area contributed by atoms with Gasteiger partial charge in [-0.3, -0.25) is 0 Å². The van der Waals surface area contributed by atoms with Crippen molar-refractivity contribution in [3.63, 3.8) is 0 Å². The topological polar surface area (TPSA) is 12.0 Å². The molecule has 2 aliphatic rings. The van der Waals surface area contributed by atoms with Crippen LogP contribution in [0.2, 0.25) is 0 Å². The molecule has 0 fully saturated rings. The molecule has 0 saturated heterocycles. The average Bonchev–Trinajstić information content (AvgIpc) is 2.93. The van der Waals surface area contributed by atoms with Gasteiger partial charge in [0, 0.05) is 16.8 Å². The zero-order chi connectivity index (χ0) is 21.3. The molecule has 0 amide bonds. The van der Waals surface area contributed by atoms with Crippen molar-refractivity contribution < 1.29 is 0 Å². The second kappa shape index (κ2) is 6.23. The van der Waals surface area contributed by atoms with Crippen molar-refractivity contribution in [3.8, 4) is 11.1 Å². The molecule has 5 rings (SSSR count). The van der Waals surface area contributed by atoms with E-state index in [9.17, 15) is 0 Å². The van der Waals surface area contributed by atoms with Crippen LogP contribution in [0, 0.1) is 0 Å². The van der Waals surface area contributed by atoms with Crippen molar-refractivity contribution in [2.24, 2.45) is 0 Å². The predicted molar refractivity (Wildman–Crippen MR) is 129 cm³/mol. The summed E-state index contributed by atoms with van der Waals surface area (Å²) >= 11 is 0. The summed E-state index contributed by atoms with van der Waals surface area (Å²) in [6, 6.07) is 22.7. The second-order valence-corrected chi connectivity index (χ2v) is 11.1. The van der Waals surface area contributed by atoms with Gasteiger partial charge in [-0.05, 0) is 81.3 Å². The molecule has 3 aromatic carbocycles. The molecular weight excluding hydrogens is 362 g/mol. The van der Waals surface area contributed by atoms with Crippen LogP contribution in [0.1, 0.15) is 76.6 Å². The monoisotopic (exact) mass is 395 g/mol. The zero-order valence-electron chi connectivity index (χ0n) is 19.2.